The van der Waals surface area contributed by atoms with Crippen molar-refractivity contribution >= 4 is 68.1 Å². The number of thiocarbonyl (C=S) groups is 1. The minimum Gasteiger partial charge on any atom is -0.379 e. The number of nitrogens with one attached hydrogen (secondary N) is 2. The van der Waals surface area contributed by atoms with Crippen molar-refractivity contribution in [3.8, 4) is 0 Å². The first-order valence-electron chi connectivity index (χ1n) is 10.9. The number of morpholine rings is 2. The maximum absolute atomic E-state index is 13.2. The lowest BCUT2D eigenvalue weighted by atomic mass is 10.2. The van der Waals surface area contributed by atoms with Gasteiger partial charge in [0.2, 0.25) is 10.0 Å². The van der Waals surface area contributed by atoms with E-state index in [0.29, 0.717) is 73.9 Å². The van der Waals surface area contributed by atoms with Crippen molar-refractivity contribution in [2.45, 2.75) is 4.90 Å². The number of rotatable bonds is 6. The van der Waals surface area contributed by atoms with Gasteiger partial charge in [0.25, 0.3) is 0 Å². The average Bonchev–Trinajstić information content (AvgIpc) is 2.86. The topological polar surface area (TPSA) is 95.5 Å². The fourth-order valence-corrected chi connectivity index (χ4v) is 5.76. The van der Waals surface area contributed by atoms with Gasteiger partial charge in [-0.15, -0.1) is 0 Å². The lowest BCUT2D eigenvalue weighted by molar-refractivity contribution is 0.0730. The summed E-state index contributed by atoms with van der Waals surface area (Å²) < 4.78 is 38.6. The third kappa shape index (κ3) is 6.62. The van der Waals surface area contributed by atoms with Crippen LogP contribution >= 0.6 is 35.4 Å². The Bertz CT molecular complexity index is 1200. The van der Waals surface area contributed by atoms with Crippen LogP contribution in [0.25, 0.3) is 0 Å². The van der Waals surface area contributed by atoms with Crippen molar-refractivity contribution in [3.05, 3.63) is 52.0 Å². The van der Waals surface area contributed by atoms with Crippen molar-refractivity contribution in [2.24, 2.45) is 5.10 Å². The first kappa shape index (κ1) is 26.1. The monoisotopic (exact) mass is 557 g/mol. The largest absolute Gasteiger partial charge is 0.379 e. The van der Waals surface area contributed by atoms with E-state index in [2.05, 4.69) is 20.7 Å². The fourth-order valence-electron chi connectivity index (χ4n) is 3.71. The maximum Gasteiger partial charge on any atom is 0.243 e. The minimum atomic E-state index is -3.68. The molecular weight excluding hydrogens is 533 g/mol. The Kier molecular flexibility index (Phi) is 8.82. The number of hydrazone groups is 1. The molecule has 0 amide bonds. The van der Waals surface area contributed by atoms with Gasteiger partial charge in [-0.05, 0) is 42.5 Å². The van der Waals surface area contributed by atoms with Gasteiger partial charge in [-0.25, -0.2) is 8.42 Å². The Morgan fingerprint density at radius 2 is 1.69 bits per heavy atom. The fraction of sp³-hybridized carbons (Fsp3) is 0.364. The Hall–Kier alpha value is -1.99. The second-order valence-corrected chi connectivity index (χ2v) is 11.0. The highest BCUT2D eigenvalue weighted by Crippen LogP contribution is 2.31. The molecule has 2 aromatic rings. The Balaban J connectivity index is 1.55. The predicted molar refractivity (Wildman–Crippen MR) is 142 cm³/mol. The third-order valence-electron chi connectivity index (χ3n) is 5.51. The molecule has 2 aliphatic rings. The summed E-state index contributed by atoms with van der Waals surface area (Å²) >= 11 is 17.5. The van der Waals surface area contributed by atoms with Gasteiger partial charge in [-0.2, -0.15) is 9.41 Å². The number of anilines is 2. The Labute approximate surface area is 220 Å². The molecule has 2 aliphatic heterocycles. The molecule has 0 aliphatic carbocycles. The number of nitrogens with zero attached hydrogens (tertiary/aromatic N) is 3. The van der Waals surface area contributed by atoms with Crippen molar-refractivity contribution in [3.63, 3.8) is 0 Å². The molecule has 0 saturated carbocycles. The van der Waals surface area contributed by atoms with Crippen LogP contribution in [0.5, 0.6) is 0 Å². The molecule has 35 heavy (non-hydrogen) atoms. The molecule has 2 N–H and O–H groups in total. The van der Waals surface area contributed by atoms with E-state index in [1.807, 2.05) is 0 Å². The van der Waals surface area contributed by atoms with Gasteiger partial charge in [0, 0.05) is 36.8 Å². The highest BCUT2D eigenvalue weighted by molar-refractivity contribution is 7.89. The van der Waals surface area contributed by atoms with E-state index in [0.717, 1.165) is 5.69 Å². The molecule has 4 rings (SSSR count). The molecule has 0 atom stereocenters. The van der Waals surface area contributed by atoms with Crippen molar-refractivity contribution in [1.29, 1.82) is 0 Å². The van der Waals surface area contributed by atoms with Gasteiger partial charge in [0.15, 0.2) is 5.11 Å². The number of ether oxygens (including phenoxy) is 2. The summed E-state index contributed by atoms with van der Waals surface area (Å²) in [4.78, 5) is 2.30. The SMILES string of the molecule is O=S(=O)(c1ccc(N2CCOCC2)c(NC(=S)NN=Cc2ccc(Cl)cc2Cl)c1)N1CCOCC1. The molecule has 9 nitrogen and oxygen atoms in total. The quantitative estimate of drug-likeness (QED) is 0.317. The average molecular weight is 559 g/mol. The van der Waals surface area contributed by atoms with Crippen LogP contribution in [0.3, 0.4) is 0 Å². The van der Waals surface area contributed by atoms with Crippen molar-refractivity contribution < 1.29 is 17.9 Å². The zero-order valence-electron chi connectivity index (χ0n) is 18.7. The van der Waals surface area contributed by atoms with Crippen molar-refractivity contribution in [2.75, 3.05) is 62.8 Å². The van der Waals surface area contributed by atoms with Gasteiger partial charge in [0.1, 0.15) is 0 Å². The van der Waals surface area contributed by atoms with E-state index >= 15 is 0 Å². The summed E-state index contributed by atoms with van der Waals surface area (Å²) in [6, 6.07) is 10.1. The molecule has 0 unspecified atom stereocenters. The van der Waals surface area contributed by atoms with Crippen LogP contribution in [0.2, 0.25) is 10.0 Å². The number of benzene rings is 2. The predicted octanol–water partition coefficient (Wildman–Crippen LogP) is 3.17. The lowest BCUT2D eigenvalue weighted by Gasteiger charge is -2.31. The highest BCUT2D eigenvalue weighted by atomic mass is 35.5. The van der Waals surface area contributed by atoms with Gasteiger partial charge in [-0.1, -0.05) is 29.3 Å². The lowest BCUT2D eigenvalue weighted by Crippen LogP contribution is -2.40. The number of sulfonamides is 1. The van der Waals surface area contributed by atoms with Crippen LogP contribution in [-0.2, 0) is 19.5 Å². The maximum atomic E-state index is 13.2. The van der Waals surface area contributed by atoms with E-state index in [-0.39, 0.29) is 10.0 Å². The molecule has 13 heteroatoms. The second kappa shape index (κ2) is 11.8. The molecule has 2 fully saturated rings. The molecule has 0 spiro atoms. The molecule has 188 valence electrons. The van der Waals surface area contributed by atoms with Crippen LogP contribution in [0.1, 0.15) is 5.56 Å². The molecular formula is C22H25Cl2N5O4S2. The zero-order valence-corrected chi connectivity index (χ0v) is 21.9. The van der Waals surface area contributed by atoms with Gasteiger partial charge in [-0.3, -0.25) is 5.43 Å². The van der Waals surface area contributed by atoms with Crippen LogP contribution < -0.4 is 15.6 Å². The first-order chi connectivity index (χ1) is 16.8. The number of halogens is 2. The first-order valence-corrected chi connectivity index (χ1v) is 13.5. The van der Waals surface area contributed by atoms with Crippen LogP contribution in [0, 0.1) is 0 Å². The van der Waals surface area contributed by atoms with Gasteiger partial charge < -0.3 is 19.7 Å². The smallest absolute Gasteiger partial charge is 0.243 e. The standard InChI is InChI=1S/C22H25Cl2N5O4S2/c23-17-2-1-16(19(24)13-17)15-25-27-22(34)26-20-14-18(35(30,31)29-7-11-33-12-8-29)3-4-21(20)28-5-9-32-10-6-28/h1-4,13-15H,5-12H2,(H2,26,27,34). The number of hydrogen-bond donors (Lipinski definition) is 2. The normalized spacial score (nSPS) is 17.5. The third-order valence-corrected chi connectivity index (χ3v) is 8.16. The Morgan fingerprint density at radius 1 is 1.00 bits per heavy atom. The molecule has 0 aromatic heterocycles. The second-order valence-electron chi connectivity index (χ2n) is 7.78. The highest BCUT2D eigenvalue weighted by Gasteiger charge is 2.28. The summed E-state index contributed by atoms with van der Waals surface area (Å²) in [7, 11) is -3.68. The van der Waals surface area contributed by atoms with Crippen LogP contribution in [0.4, 0.5) is 11.4 Å². The van der Waals surface area contributed by atoms with E-state index in [9.17, 15) is 8.42 Å². The van der Waals surface area contributed by atoms with Crippen LogP contribution in [-0.4, -0.2) is 76.7 Å². The van der Waals surface area contributed by atoms with E-state index in [1.54, 1.807) is 36.4 Å². The summed E-state index contributed by atoms with van der Waals surface area (Å²) in [6.45, 7) is 3.91. The molecule has 0 radical (unpaired) electrons. The van der Waals surface area contributed by atoms with Gasteiger partial charge >= 0.3 is 0 Å². The van der Waals surface area contributed by atoms with E-state index < -0.39 is 10.0 Å². The summed E-state index contributed by atoms with van der Waals surface area (Å²) in [6.07, 6.45) is 1.52. The molecule has 0 bridgehead atoms. The minimum absolute atomic E-state index is 0.179. The summed E-state index contributed by atoms with van der Waals surface area (Å²) in [5, 5.41) is 8.41. The van der Waals surface area contributed by atoms with E-state index in [4.69, 9.17) is 44.9 Å². The summed E-state index contributed by atoms with van der Waals surface area (Å²) in [5.74, 6) is 0. The van der Waals surface area contributed by atoms with Crippen LogP contribution in [0.15, 0.2) is 46.4 Å². The summed E-state index contributed by atoms with van der Waals surface area (Å²) in [5.41, 5.74) is 4.79. The Morgan fingerprint density at radius 3 is 2.37 bits per heavy atom. The number of hydrogen-bond acceptors (Lipinski definition) is 7. The zero-order chi connectivity index (χ0) is 24.8. The molecule has 2 saturated heterocycles. The van der Waals surface area contributed by atoms with Crippen molar-refractivity contribution in [1.82, 2.24) is 9.73 Å². The van der Waals surface area contributed by atoms with E-state index in [1.165, 1.54) is 10.5 Å². The molecule has 2 aromatic carbocycles. The van der Waals surface area contributed by atoms with Gasteiger partial charge in [0.05, 0.1) is 53.9 Å². The molecule has 2 heterocycles.